The maximum Gasteiger partial charge on any atom is 0.263 e. The van der Waals surface area contributed by atoms with E-state index in [1.165, 1.54) is 11.8 Å². The second-order valence-electron chi connectivity index (χ2n) is 5.70. The maximum absolute atomic E-state index is 12.1. The third-order valence-corrected chi connectivity index (χ3v) is 4.27. The molecule has 1 atom stereocenters. The minimum Gasteiger partial charge on any atom is -0.339 e. The summed E-state index contributed by atoms with van der Waals surface area (Å²) in [6.45, 7) is 0.917. The standard InChI is InChI=1S/C16H17N5O/c22-15-13-10-17-20-14(13)18-16(19-15)21-8-4-7-12(21)9-11-5-2-1-3-6-11/h1-3,5-6,10,12H,4,7-9H2,(H2,17,18,19,20,22). The predicted molar refractivity (Wildman–Crippen MR) is 85.0 cm³/mol. The number of H-pyrrole nitrogens is 2. The molecule has 1 aromatic carbocycles. The van der Waals surface area contributed by atoms with Gasteiger partial charge in [0.2, 0.25) is 5.95 Å². The average Bonchev–Trinajstić information content (AvgIpc) is 3.17. The number of nitrogens with one attached hydrogen (secondary N) is 2. The van der Waals surface area contributed by atoms with Crippen molar-refractivity contribution in [2.24, 2.45) is 0 Å². The normalized spacial score (nSPS) is 18.2. The second kappa shape index (κ2) is 5.29. The molecule has 22 heavy (non-hydrogen) atoms. The summed E-state index contributed by atoms with van der Waals surface area (Å²) >= 11 is 0. The van der Waals surface area contributed by atoms with Gasteiger partial charge in [-0.15, -0.1) is 0 Å². The zero-order valence-corrected chi connectivity index (χ0v) is 12.1. The smallest absolute Gasteiger partial charge is 0.263 e. The molecular weight excluding hydrogens is 278 g/mol. The van der Waals surface area contributed by atoms with Gasteiger partial charge < -0.3 is 4.90 Å². The van der Waals surface area contributed by atoms with E-state index in [-0.39, 0.29) is 5.56 Å². The van der Waals surface area contributed by atoms with Crippen molar-refractivity contribution >= 4 is 17.0 Å². The fourth-order valence-electron chi connectivity index (χ4n) is 3.18. The summed E-state index contributed by atoms with van der Waals surface area (Å²) in [6.07, 6.45) is 4.70. The van der Waals surface area contributed by atoms with Crippen molar-refractivity contribution in [1.82, 2.24) is 20.2 Å². The Hall–Kier alpha value is -2.63. The minimum absolute atomic E-state index is 0.140. The van der Waals surface area contributed by atoms with E-state index in [9.17, 15) is 4.79 Å². The monoisotopic (exact) mass is 295 g/mol. The van der Waals surface area contributed by atoms with E-state index < -0.39 is 0 Å². The van der Waals surface area contributed by atoms with E-state index in [0.29, 0.717) is 23.0 Å². The Morgan fingerprint density at radius 3 is 3.00 bits per heavy atom. The van der Waals surface area contributed by atoms with Crippen LogP contribution in [0.2, 0.25) is 0 Å². The highest BCUT2D eigenvalue weighted by Gasteiger charge is 2.27. The van der Waals surface area contributed by atoms with E-state index in [1.54, 1.807) is 0 Å². The van der Waals surface area contributed by atoms with E-state index in [1.807, 2.05) is 6.07 Å². The summed E-state index contributed by atoms with van der Waals surface area (Å²) < 4.78 is 0. The average molecular weight is 295 g/mol. The van der Waals surface area contributed by atoms with E-state index in [0.717, 1.165) is 25.8 Å². The van der Waals surface area contributed by atoms with Gasteiger partial charge >= 0.3 is 0 Å². The number of aromatic amines is 2. The van der Waals surface area contributed by atoms with Crippen LogP contribution in [0.5, 0.6) is 0 Å². The van der Waals surface area contributed by atoms with Crippen LogP contribution in [0.1, 0.15) is 18.4 Å². The first-order valence-electron chi connectivity index (χ1n) is 7.55. The van der Waals surface area contributed by atoms with Gasteiger partial charge in [-0.05, 0) is 24.8 Å². The Morgan fingerprint density at radius 1 is 1.27 bits per heavy atom. The lowest BCUT2D eigenvalue weighted by Crippen LogP contribution is -2.33. The highest BCUT2D eigenvalue weighted by Crippen LogP contribution is 2.25. The van der Waals surface area contributed by atoms with Crippen molar-refractivity contribution in [2.45, 2.75) is 25.3 Å². The molecule has 0 radical (unpaired) electrons. The van der Waals surface area contributed by atoms with Crippen LogP contribution in [0.4, 0.5) is 5.95 Å². The predicted octanol–water partition coefficient (Wildman–Crippen LogP) is 1.86. The molecule has 0 bridgehead atoms. The lowest BCUT2D eigenvalue weighted by molar-refractivity contribution is 0.651. The lowest BCUT2D eigenvalue weighted by Gasteiger charge is -2.25. The first kappa shape index (κ1) is 13.1. The van der Waals surface area contributed by atoms with Crippen LogP contribution < -0.4 is 10.5 Å². The topological polar surface area (TPSA) is 77.7 Å². The van der Waals surface area contributed by atoms with Gasteiger partial charge in [0.1, 0.15) is 5.39 Å². The lowest BCUT2D eigenvalue weighted by atomic mass is 10.0. The Labute approximate surface area is 127 Å². The SMILES string of the molecule is O=c1[nH]c(N2CCCC2Cc2ccccc2)nc2[nH]ncc12. The highest BCUT2D eigenvalue weighted by molar-refractivity contribution is 5.73. The summed E-state index contributed by atoms with van der Waals surface area (Å²) in [5.74, 6) is 0.639. The molecule has 1 fully saturated rings. The number of fused-ring (bicyclic) bond motifs is 1. The first-order chi connectivity index (χ1) is 10.8. The molecular formula is C16H17N5O. The third kappa shape index (κ3) is 2.26. The third-order valence-electron chi connectivity index (χ3n) is 4.27. The zero-order chi connectivity index (χ0) is 14.9. The molecule has 0 spiro atoms. The van der Waals surface area contributed by atoms with Crippen molar-refractivity contribution < 1.29 is 0 Å². The number of anilines is 1. The van der Waals surface area contributed by atoms with E-state index in [4.69, 9.17) is 0 Å². The van der Waals surface area contributed by atoms with Gasteiger partial charge in [-0.1, -0.05) is 30.3 Å². The summed E-state index contributed by atoms with van der Waals surface area (Å²) in [5.41, 5.74) is 1.72. The van der Waals surface area contributed by atoms with Gasteiger partial charge in [-0.25, -0.2) is 0 Å². The molecule has 0 amide bonds. The summed E-state index contributed by atoms with van der Waals surface area (Å²) in [6, 6.07) is 10.8. The van der Waals surface area contributed by atoms with Crippen LogP contribution in [0.15, 0.2) is 41.3 Å². The van der Waals surface area contributed by atoms with Crippen LogP contribution in [0, 0.1) is 0 Å². The molecule has 3 heterocycles. The van der Waals surface area contributed by atoms with Gasteiger partial charge in [0, 0.05) is 12.6 Å². The quantitative estimate of drug-likeness (QED) is 0.773. The second-order valence-corrected chi connectivity index (χ2v) is 5.70. The van der Waals surface area contributed by atoms with Crippen LogP contribution in [0.25, 0.3) is 11.0 Å². The van der Waals surface area contributed by atoms with E-state index >= 15 is 0 Å². The van der Waals surface area contributed by atoms with E-state index in [2.05, 4.69) is 49.3 Å². The Kier molecular flexibility index (Phi) is 3.14. The molecule has 0 saturated carbocycles. The number of benzene rings is 1. The highest BCUT2D eigenvalue weighted by atomic mass is 16.1. The molecule has 3 aromatic rings. The molecule has 2 N–H and O–H groups in total. The molecule has 6 heteroatoms. The number of hydrogen-bond donors (Lipinski definition) is 2. The van der Waals surface area contributed by atoms with Crippen LogP contribution in [-0.2, 0) is 6.42 Å². The van der Waals surface area contributed by atoms with Crippen LogP contribution in [-0.4, -0.2) is 32.8 Å². The Bertz CT molecular complexity index is 838. The first-order valence-corrected chi connectivity index (χ1v) is 7.55. The molecule has 2 aromatic heterocycles. The van der Waals surface area contributed by atoms with Gasteiger partial charge in [0.05, 0.1) is 6.20 Å². The van der Waals surface area contributed by atoms with Gasteiger partial charge in [0.15, 0.2) is 5.65 Å². The fraction of sp³-hybridized carbons (Fsp3) is 0.312. The molecule has 1 aliphatic heterocycles. The van der Waals surface area contributed by atoms with Crippen LogP contribution >= 0.6 is 0 Å². The number of rotatable bonds is 3. The molecule has 1 saturated heterocycles. The molecule has 4 rings (SSSR count). The van der Waals surface area contributed by atoms with Crippen molar-refractivity contribution in [3.05, 3.63) is 52.4 Å². The van der Waals surface area contributed by atoms with Crippen molar-refractivity contribution in [3.63, 3.8) is 0 Å². The Balaban J connectivity index is 1.66. The van der Waals surface area contributed by atoms with Gasteiger partial charge in [0.25, 0.3) is 5.56 Å². The number of aromatic nitrogens is 4. The minimum atomic E-state index is -0.140. The maximum atomic E-state index is 12.1. The number of nitrogens with zero attached hydrogens (tertiary/aromatic N) is 3. The largest absolute Gasteiger partial charge is 0.339 e. The van der Waals surface area contributed by atoms with Crippen molar-refractivity contribution in [2.75, 3.05) is 11.4 Å². The molecule has 1 aliphatic rings. The fourth-order valence-corrected chi connectivity index (χ4v) is 3.18. The molecule has 1 unspecified atom stereocenters. The molecule has 6 nitrogen and oxygen atoms in total. The van der Waals surface area contributed by atoms with Crippen molar-refractivity contribution in [1.29, 1.82) is 0 Å². The van der Waals surface area contributed by atoms with Crippen LogP contribution in [0.3, 0.4) is 0 Å². The Morgan fingerprint density at radius 2 is 2.14 bits per heavy atom. The van der Waals surface area contributed by atoms with Crippen molar-refractivity contribution in [3.8, 4) is 0 Å². The zero-order valence-electron chi connectivity index (χ0n) is 12.1. The number of hydrogen-bond acceptors (Lipinski definition) is 4. The summed E-state index contributed by atoms with van der Waals surface area (Å²) in [5, 5.41) is 7.17. The summed E-state index contributed by atoms with van der Waals surface area (Å²) in [7, 11) is 0. The molecule has 112 valence electrons. The molecule has 0 aliphatic carbocycles. The van der Waals surface area contributed by atoms with Gasteiger partial charge in [-0.3, -0.25) is 14.9 Å². The summed E-state index contributed by atoms with van der Waals surface area (Å²) in [4.78, 5) is 21.7. The van der Waals surface area contributed by atoms with Gasteiger partial charge in [-0.2, -0.15) is 10.1 Å².